The van der Waals surface area contributed by atoms with E-state index in [1.807, 2.05) is 6.08 Å². The lowest BCUT2D eigenvalue weighted by Gasteiger charge is -2.26. The van der Waals surface area contributed by atoms with Gasteiger partial charge in [0.2, 0.25) is 0 Å². The number of likely N-dealkylation sites (tertiary alicyclic amines) is 1. The van der Waals surface area contributed by atoms with Crippen molar-refractivity contribution in [3.05, 3.63) is 36.5 Å². The summed E-state index contributed by atoms with van der Waals surface area (Å²) in [5.74, 6) is 0. The molecule has 0 aromatic rings. The van der Waals surface area contributed by atoms with Crippen molar-refractivity contribution in [3.63, 3.8) is 0 Å². The van der Waals surface area contributed by atoms with Crippen LogP contribution in [0.5, 0.6) is 0 Å². The van der Waals surface area contributed by atoms with Crippen molar-refractivity contribution in [1.29, 1.82) is 0 Å². The molecule has 1 heteroatoms. The van der Waals surface area contributed by atoms with Crippen molar-refractivity contribution < 1.29 is 0 Å². The SMILES string of the molecule is C=C/C(C)=C\C(=C)CN1CCCCC1. The van der Waals surface area contributed by atoms with Crippen LogP contribution in [0.25, 0.3) is 0 Å². The summed E-state index contributed by atoms with van der Waals surface area (Å²) in [5.41, 5.74) is 2.40. The number of nitrogens with zero attached hydrogens (tertiary/aromatic N) is 1. The molecule has 0 aromatic carbocycles. The molecule has 78 valence electrons. The molecule has 1 saturated heterocycles. The molecule has 1 rings (SSSR count). The molecule has 14 heavy (non-hydrogen) atoms. The zero-order chi connectivity index (χ0) is 10.4. The fourth-order valence-corrected chi connectivity index (χ4v) is 1.83. The normalized spacial score (nSPS) is 19.4. The van der Waals surface area contributed by atoms with E-state index in [2.05, 4.69) is 31.1 Å². The fraction of sp³-hybridized carbons (Fsp3) is 0.538. The molecule has 0 saturated carbocycles. The van der Waals surface area contributed by atoms with Gasteiger partial charge in [-0.05, 0) is 38.4 Å². The minimum Gasteiger partial charge on any atom is -0.299 e. The molecule has 1 aliphatic heterocycles. The van der Waals surface area contributed by atoms with Crippen LogP contribution in [-0.2, 0) is 0 Å². The first-order valence-corrected chi connectivity index (χ1v) is 5.43. The molecule has 0 unspecified atom stereocenters. The minimum absolute atomic E-state index is 1.02. The van der Waals surface area contributed by atoms with Crippen LogP contribution in [0.2, 0.25) is 0 Å². The van der Waals surface area contributed by atoms with E-state index < -0.39 is 0 Å². The Kier molecular flexibility index (Phi) is 4.68. The van der Waals surface area contributed by atoms with Crippen LogP contribution in [0.4, 0.5) is 0 Å². The van der Waals surface area contributed by atoms with Crippen LogP contribution in [0.1, 0.15) is 26.2 Å². The van der Waals surface area contributed by atoms with Crippen molar-refractivity contribution >= 4 is 0 Å². The first-order valence-electron chi connectivity index (χ1n) is 5.43. The van der Waals surface area contributed by atoms with Gasteiger partial charge in [-0.1, -0.05) is 37.3 Å². The Labute approximate surface area is 87.8 Å². The molecule has 0 aromatic heterocycles. The summed E-state index contributed by atoms with van der Waals surface area (Å²) >= 11 is 0. The molecule has 0 bridgehead atoms. The third kappa shape index (κ3) is 3.93. The Morgan fingerprint density at radius 1 is 1.29 bits per heavy atom. The maximum Gasteiger partial charge on any atom is 0.0227 e. The smallest absolute Gasteiger partial charge is 0.0227 e. The van der Waals surface area contributed by atoms with Gasteiger partial charge >= 0.3 is 0 Å². The summed E-state index contributed by atoms with van der Waals surface area (Å²) in [6.07, 6.45) is 8.09. The molecule has 0 N–H and O–H groups in total. The van der Waals surface area contributed by atoms with Crippen molar-refractivity contribution in [2.75, 3.05) is 19.6 Å². The second-order valence-corrected chi connectivity index (χ2v) is 4.09. The van der Waals surface area contributed by atoms with Gasteiger partial charge < -0.3 is 0 Å². The maximum absolute atomic E-state index is 4.07. The number of hydrogen-bond donors (Lipinski definition) is 0. The highest BCUT2D eigenvalue weighted by Crippen LogP contribution is 2.11. The molecule has 1 nitrogen and oxygen atoms in total. The fourth-order valence-electron chi connectivity index (χ4n) is 1.83. The quantitative estimate of drug-likeness (QED) is 0.617. The van der Waals surface area contributed by atoms with Gasteiger partial charge in [-0.2, -0.15) is 0 Å². The Bertz CT molecular complexity index is 232. The molecule has 1 heterocycles. The second-order valence-electron chi connectivity index (χ2n) is 4.09. The van der Waals surface area contributed by atoms with Crippen molar-refractivity contribution in [3.8, 4) is 0 Å². The van der Waals surface area contributed by atoms with Gasteiger partial charge in [0.25, 0.3) is 0 Å². The van der Waals surface area contributed by atoms with Crippen LogP contribution in [0, 0.1) is 0 Å². The van der Waals surface area contributed by atoms with Crippen LogP contribution in [0.3, 0.4) is 0 Å². The lowest BCUT2D eigenvalue weighted by atomic mass is 10.1. The number of piperidine rings is 1. The van der Waals surface area contributed by atoms with Gasteiger partial charge in [-0.25, -0.2) is 0 Å². The molecule has 0 atom stereocenters. The average Bonchev–Trinajstić information content (AvgIpc) is 2.19. The van der Waals surface area contributed by atoms with Gasteiger partial charge in [-0.15, -0.1) is 0 Å². The minimum atomic E-state index is 1.02. The summed E-state index contributed by atoms with van der Waals surface area (Å²) in [6, 6.07) is 0. The zero-order valence-electron chi connectivity index (χ0n) is 9.26. The molecule has 0 aliphatic carbocycles. The van der Waals surface area contributed by atoms with Gasteiger partial charge in [-0.3, -0.25) is 4.90 Å². The summed E-state index contributed by atoms with van der Waals surface area (Å²) in [5, 5.41) is 0. The first-order chi connectivity index (χ1) is 6.72. The summed E-state index contributed by atoms with van der Waals surface area (Å²) in [6.45, 7) is 13.4. The predicted octanol–water partition coefficient (Wildman–Crippen LogP) is 3.16. The molecule has 0 radical (unpaired) electrons. The molecule has 0 spiro atoms. The van der Waals surface area contributed by atoms with E-state index in [0.29, 0.717) is 0 Å². The van der Waals surface area contributed by atoms with Gasteiger partial charge in [0.05, 0.1) is 0 Å². The molecular formula is C13H21N. The van der Waals surface area contributed by atoms with Gasteiger partial charge in [0.1, 0.15) is 0 Å². The average molecular weight is 191 g/mol. The second kappa shape index (κ2) is 5.82. The number of allylic oxidation sites excluding steroid dienone is 2. The molecule has 0 amide bonds. The number of rotatable bonds is 4. The highest BCUT2D eigenvalue weighted by Gasteiger charge is 2.09. The third-order valence-corrected chi connectivity index (χ3v) is 2.63. The molecule has 1 aliphatic rings. The van der Waals surface area contributed by atoms with E-state index in [4.69, 9.17) is 0 Å². The van der Waals surface area contributed by atoms with E-state index in [-0.39, 0.29) is 0 Å². The predicted molar refractivity (Wildman–Crippen MR) is 63.4 cm³/mol. The van der Waals surface area contributed by atoms with Gasteiger partial charge in [0, 0.05) is 6.54 Å². The van der Waals surface area contributed by atoms with Crippen LogP contribution >= 0.6 is 0 Å². The third-order valence-electron chi connectivity index (χ3n) is 2.63. The largest absolute Gasteiger partial charge is 0.299 e. The van der Waals surface area contributed by atoms with E-state index >= 15 is 0 Å². The lowest BCUT2D eigenvalue weighted by molar-refractivity contribution is 0.248. The van der Waals surface area contributed by atoms with Crippen molar-refractivity contribution in [1.82, 2.24) is 4.90 Å². The zero-order valence-corrected chi connectivity index (χ0v) is 9.26. The maximum atomic E-state index is 4.07. The van der Waals surface area contributed by atoms with Crippen LogP contribution in [0.15, 0.2) is 36.5 Å². The monoisotopic (exact) mass is 191 g/mol. The van der Waals surface area contributed by atoms with Crippen molar-refractivity contribution in [2.24, 2.45) is 0 Å². The van der Waals surface area contributed by atoms with E-state index in [1.54, 1.807) is 0 Å². The first kappa shape index (κ1) is 11.3. The lowest BCUT2D eigenvalue weighted by Crippen LogP contribution is -2.31. The molecule has 1 fully saturated rings. The van der Waals surface area contributed by atoms with Crippen LogP contribution in [-0.4, -0.2) is 24.5 Å². The topological polar surface area (TPSA) is 3.24 Å². The summed E-state index contributed by atoms with van der Waals surface area (Å²) in [4.78, 5) is 2.48. The highest BCUT2D eigenvalue weighted by atomic mass is 15.1. The van der Waals surface area contributed by atoms with E-state index in [1.165, 1.54) is 43.5 Å². The Hall–Kier alpha value is -0.820. The Morgan fingerprint density at radius 3 is 2.50 bits per heavy atom. The van der Waals surface area contributed by atoms with Gasteiger partial charge in [0.15, 0.2) is 0 Å². The number of hydrogen-bond acceptors (Lipinski definition) is 1. The molecular weight excluding hydrogens is 170 g/mol. The summed E-state index contributed by atoms with van der Waals surface area (Å²) < 4.78 is 0. The van der Waals surface area contributed by atoms with Crippen molar-refractivity contribution in [2.45, 2.75) is 26.2 Å². The standard InChI is InChI=1S/C13H21N/c1-4-12(2)10-13(3)11-14-8-6-5-7-9-14/h4,10H,1,3,5-9,11H2,2H3/b12-10-. The summed E-state index contributed by atoms with van der Waals surface area (Å²) in [7, 11) is 0. The highest BCUT2D eigenvalue weighted by molar-refractivity contribution is 5.26. The van der Waals surface area contributed by atoms with Crippen LogP contribution < -0.4 is 0 Å². The van der Waals surface area contributed by atoms with E-state index in [0.717, 1.165) is 6.54 Å². The Morgan fingerprint density at radius 2 is 1.93 bits per heavy atom. The Balaban J connectivity index is 2.35. The van der Waals surface area contributed by atoms with E-state index in [9.17, 15) is 0 Å².